The molecule has 2 aromatic carbocycles. The van der Waals surface area contributed by atoms with Crippen LogP contribution in [0.25, 0.3) is 5.76 Å². The van der Waals surface area contributed by atoms with E-state index in [0.717, 1.165) is 4.31 Å². The Labute approximate surface area is 170 Å². The van der Waals surface area contributed by atoms with E-state index in [2.05, 4.69) is 0 Å². The van der Waals surface area contributed by atoms with E-state index in [9.17, 15) is 18.0 Å². The number of carbonyl (C=O) groups is 2. The molecule has 0 saturated heterocycles. The second-order valence-corrected chi connectivity index (χ2v) is 9.70. The van der Waals surface area contributed by atoms with Gasteiger partial charge >= 0.3 is 5.97 Å². The maximum absolute atomic E-state index is 13.4. The molecule has 0 saturated carbocycles. The van der Waals surface area contributed by atoms with E-state index < -0.39 is 27.2 Å². The summed E-state index contributed by atoms with van der Waals surface area (Å²) in [5.74, 6) is -1.09. The van der Waals surface area contributed by atoms with Crippen LogP contribution >= 0.6 is 0 Å². The summed E-state index contributed by atoms with van der Waals surface area (Å²) < 4.78 is 33.4. The number of benzene rings is 2. The highest BCUT2D eigenvalue weighted by Gasteiger charge is 2.41. The first-order chi connectivity index (χ1) is 13.5. The fourth-order valence-electron chi connectivity index (χ4n) is 2.96. The first-order valence-corrected chi connectivity index (χ1v) is 10.6. The lowest BCUT2D eigenvalue weighted by Crippen LogP contribution is -2.38. The summed E-state index contributed by atoms with van der Waals surface area (Å²) in [6, 6.07) is 15.2. The van der Waals surface area contributed by atoms with Gasteiger partial charge in [-0.3, -0.25) is 13.9 Å². The molecule has 1 heterocycles. The molecule has 0 spiro atoms. The first-order valence-electron chi connectivity index (χ1n) is 9.17. The number of rotatable bonds is 4. The maximum atomic E-state index is 13.4. The van der Waals surface area contributed by atoms with Crippen molar-refractivity contribution in [1.82, 2.24) is 4.31 Å². The van der Waals surface area contributed by atoms with Crippen LogP contribution < -0.4 is 0 Å². The maximum Gasteiger partial charge on any atom is 0.316 e. The number of fused-ring (bicyclic) bond motifs is 1. The highest BCUT2D eigenvalue weighted by atomic mass is 32.2. The number of carbonyl (C=O) groups excluding carboxylic acids is 2. The molecule has 0 N–H and O–H groups in total. The van der Waals surface area contributed by atoms with Crippen molar-refractivity contribution in [2.24, 2.45) is 5.41 Å². The minimum atomic E-state index is -4.02. The lowest BCUT2D eigenvalue weighted by atomic mass is 9.97. The summed E-state index contributed by atoms with van der Waals surface area (Å²) >= 11 is 0. The average Bonchev–Trinajstić information content (AvgIpc) is 2.65. The van der Waals surface area contributed by atoms with Crippen molar-refractivity contribution in [3.8, 4) is 0 Å². The number of Topliss-reactive ketones (excluding diaryl/α,β-unsaturated/α-hetero) is 1. The number of nitrogens with zero attached hydrogens (tertiary/aromatic N) is 1. The summed E-state index contributed by atoms with van der Waals surface area (Å²) in [7, 11) is -4.02. The summed E-state index contributed by atoms with van der Waals surface area (Å²) in [5.41, 5.74) is -0.0646. The van der Waals surface area contributed by atoms with Crippen LogP contribution in [0.15, 0.2) is 65.2 Å². The Kier molecular flexibility index (Phi) is 5.36. The third-order valence-electron chi connectivity index (χ3n) is 4.47. The van der Waals surface area contributed by atoms with Gasteiger partial charge in [0, 0.05) is 12.5 Å². The molecule has 0 aliphatic carbocycles. The van der Waals surface area contributed by atoms with E-state index in [0.29, 0.717) is 5.56 Å². The van der Waals surface area contributed by atoms with Crippen LogP contribution in [0.1, 0.15) is 38.8 Å². The third-order valence-corrected chi connectivity index (χ3v) is 6.28. The van der Waals surface area contributed by atoms with Crippen LogP contribution in [-0.2, 0) is 30.9 Å². The van der Waals surface area contributed by atoms with E-state index in [1.165, 1.54) is 13.0 Å². The van der Waals surface area contributed by atoms with E-state index >= 15 is 0 Å². The van der Waals surface area contributed by atoms with Gasteiger partial charge in [-0.2, -0.15) is 0 Å². The predicted octanol–water partition coefficient (Wildman–Crippen LogP) is 3.74. The molecule has 0 aromatic heterocycles. The molecule has 3 rings (SSSR count). The van der Waals surface area contributed by atoms with Crippen molar-refractivity contribution in [3.05, 3.63) is 71.4 Å². The summed E-state index contributed by atoms with van der Waals surface area (Å²) in [5, 5.41) is 0. The molecule has 0 fully saturated rings. The molecule has 7 heteroatoms. The topological polar surface area (TPSA) is 80.8 Å². The first kappa shape index (κ1) is 20.8. The quantitative estimate of drug-likeness (QED) is 0.714. The molecule has 0 amide bonds. The third kappa shape index (κ3) is 3.96. The molecule has 1 aliphatic heterocycles. The molecule has 29 heavy (non-hydrogen) atoms. The van der Waals surface area contributed by atoms with Gasteiger partial charge < -0.3 is 4.74 Å². The van der Waals surface area contributed by atoms with Gasteiger partial charge in [-0.1, -0.05) is 42.5 Å². The van der Waals surface area contributed by atoms with E-state index in [1.54, 1.807) is 63.2 Å². The van der Waals surface area contributed by atoms with Crippen molar-refractivity contribution >= 4 is 27.5 Å². The Morgan fingerprint density at radius 3 is 2.14 bits per heavy atom. The van der Waals surface area contributed by atoms with Gasteiger partial charge in [0.25, 0.3) is 10.0 Å². The number of ketones is 1. The Morgan fingerprint density at radius 1 is 0.966 bits per heavy atom. The number of sulfonamides is 1. The van der Waals surface area contributed by atoms with Gasteiger partial charge in [0.2, 0.25) is 0 Å². The zero-order valence-electron chi connectivity index (χ0n) is 16.8. The van der Waals surface area contributed by atoms with E-state index in [4.69, 9.17) is 4.74 Å². The van der Waals surface area contributed by atoms with Gasteiger partial charge in [-0.15, -0.1) is 0 Å². The van der Waals surface area contributed by atoms with Crippen LogP contribution in [0.2, 0.25) is 0 Å². The summed E-state index contributed by atoms with van der Waals surface area (Å²) in [6.45, 7) is 6.29. The second-order valence-electron chi connectivity index (χ2n) is 7.87. The SMILES string of the molecule is CC(=O)C1=C(OC(=O)C(C)(C)C)c2ccccc2S(=O)(=O)N1Cc1ccccc1. The van der Waals surface area contributed by atoms with Crippen LogP contribution in [-0.4, -0.2) is 24.5 Å². The Balaban J connectivity index is 2.25. The van der Waals surface area contributed by atoms with E-state index in [-0.39, 0.29) is 28.5 Å². The minimum absolute atomic E-state index is 0.00218. The van der Waals surface area contributed by atoms with Crippen LogP contribution in [0.3, 0.4) is 0 Å². The summed E-state index contributed by atoms with van der Waals surface area (Å²) in [4.78, 5) is 25.2. The Bertz CT molecular complexity index is 1100. The van der Waals surface area contributed by atoms with E-state index in [1.807, 2.05) is 6.07 Å². The second kappa shape index (κ2) is 7.48. The number of allylic oxidation sites excluding steroid dienone is 1. The predicted molar refractivity (Wildman–Crippen MR) is 109 cm³/mol. The van der Waals surface area contributed by atoms with Gasteiger partial charge in [0.05, 0.1) is 16.9 Å². The highest BCUT2D eigenvalue weighted by molar-refractivity contribution is 7.89. The van der Waals surface area contributed by atoms with Gasteiger partial charge in [0.1, 0.15) is 5.70 Å². The summed E-state index contributed by atoms with van der Waals surface area (Å²) in [6.07, 6.45) is 0. The zero-order chi connectivity index (χ0) is 21.4. The largest absolute Gasteiger partial charge is 0.423 e. The van der Waals surface area contributed by atoms with Crippen LogP contribution in [0.4, 0.5) is 0 Å². The van der Waals surface area contributed by atoms with Crippen molar-refractivity contribution in [2.75, 3.05) is 0 Å². The Morgan fingerprint density at radius 2 is 1.55 bits per heavy atom. The molecular weight excluding hydrogens is 390 g/mol. The molecule has 152 valence electrons. The molecule has 0 atom stereocenters. The fourth-order valence-corrected chi connectivity index (χ4v) is 4.65. The van der Waals surface area contributed by atoms with Gasteiger partial charge in [-0.25, -0.2) is 8.42 Å². The number of hydrogen-bond acceptors (Lipinski definition) is 5. The van der Waals surface area contributed by atoms with Crippen molar-refractivity contribution in [2.45, 2.75) is 39.1 Å². The molecular formula is C22H23NO5S. The lowest BCUT2D eigenvalue weighted by molar-refractivity contribution is -0.145. The van der Waals surface area contributed by atoms with Crippen molar-refractivity contribution < 1.29 is 22.7 Å². The average molecular weight is 413 g/mol. The molecule has 0 unspecified atom stereocenters. The normalized spacial score (nSPS) is 15.7. The lowest BCUT2D eigenvalue weighted by Gasteiger charge is -2.33. The molecule has 1 aliphatic rings. The Hall–Kier alpha value is -2.93. The van der Waals surface area contributed by atoms with Gasteiger partial charge in [0.15, 0.2) is 11.5 Å². The number of ether oxygens (including phenoxy) is 1. The minimum Gasteiger partial charge on any atom is -0.423 e. The molecule has 0 bridgehead atoms. The monoisotopic (exact) mass is 413 g/mol. The van der Waals surface area contributed by atoms with Crippen LogP contribution in [0, 0.1) is 5.41 Å². The van der Waals surface area contributed by atoms with Crippen molar-refractivity contribution in [1.29, 1.82) is 0 Å². The van der Waals surface area contributed by atoms with Gasteiger partial charge in [-0.05, 0) is 38.5 Å². The van der Waals surface area contributed by atoms with Crippen LogP contribution in [0.5, 0.6) is 0 Å². The zero-order valence-corrected chi connectivity index (χ0v) is 17.6. The standard InChI is InChI=1S/C22H23NO5S/c1-15(24)19-20(28-21(25)22(2,3)4)17-12-8-9-13-18(17)29(26,27)23(19)14-16-10-6-5-7-11-16/h5-13H,14H2,1-4H3. The smallest absolute Gasteiger partial charge is 0.316 e. The van der Waals surface area contributed by atoms with Crippen molar-refractivity contribution in [3.63, 3.8) is 0 Å². The number of esters is 1. The number of hydrogen-bond donors (Lipinski definition) is 0. The highest BCUT2D eigenvalue weighted by Crippen LogP contribution is 2.39. The molecule has 2 aromatic rings. The fraction of sp³-hybridized carbons (Fsp3) is 0.273. The molecule has 6 nitrogen and oxygen atoms in total. The molecule has 0 radical (unpaired) electrons.